The lowest BCUT2D eigenvalue weighted by atomic mass is 10.1. The van der Waals surface area contributed by atoms with Gasteiger partial charge in [0.15, 0.2) is 5.65 Å². The number of pyridine rings is 1. The smallest absolute Gasteiger partial charge is 0.256 e. The Morgan fingerprint density at radius 3 is 2.52 bits per heavy atom. The predicted octanol–water partition coefficient (Wildman–Crippen LogP) is 1.88. The van der Waals surface area contributed by atoms with Crippen LogP contribution in [-0.4, -0.2) is 45.2 Å². The number of aromatic nitrogens is 3. The summed E-state index contributed by atoms with van der Waals surface area (Å²) in [5.74, 6) is 0.557. The van der Waals surface area contributed by atoms with E-state index in [1.54, 1.807) is 30.3 Å². The highest BCUT2D eigenvalue weighted by atomic mass is 16.3. The molecule has 0 unspecified atom stereocenters. The molecule has 0 radical (unpaired) electrons. The summed E-state index contributed by atoms with van der Waals surface area (Å²) in [4.78, 5) is 33.7. The maximum atomic E-state index is 12.6. The zero-order chi connectivity index (χ0) is 21.0. The molecule has 3 aromatic rings. The van der Waals surface area contributed by atoms with Crippen molar-refractivity contribution in [2.75, 3.05) is 25.0 Å². The molecule has 3 rings (SSSR count). The summed E-state index contributed by atoms with van der Waals surface area (Å²) in [6.45, 7) is 6.76. The van der Waals surface area contributed by atoms with E-state index in [0.29, 0.717) is 47.5 Å². The van der Waals surface area contributed by atoms with Crippen LogP contribution in [0.15, 0.2) is 41.2 Å². The van der Waals surface area contributed by atoms with E-state index in [9.17, 15) is 9.59 Å². The van der Waals surface area contributed by atoms with Gasteiger partial charge in [0.2, 0.25) is 5.95 Å². The third-order valence-corrected chi connectivity index (χ3v) is 4.39. The average molecular weight is 395 g/mol. The van der Waals surface area contributed by atoms with Crippen LogP contribution in [0.1, 0.15) is 29.9 Å². The number of aliphatic hydroxyl groups excluding tert-OH is 1. The summed E-state index contributed by atoms with van der Waals surface area (Å²) in [5.41, 5.74) is 2.07. The standard InChI is InChI=1S/C21H25N5O3/c1-13(2)12-23-20(29)15-4-6-16(7-5-15)26-18(28)9-8-17-14(3)24-21(22-10-11-27)25-19(17)26/h4-9,13,27H,10-12H2,1-3H3,(H,23,29)(H,22,24,25). The molecule has 8 nitrogen and oxygen atoms in total. The molecule has 0 saturated heterocycles. The molecule has 0 spiro atoms. The van der Waals surface area contributed by atoms with Crippen LogP contribution in [0.4, 0.5) is 5.95 Å². The van der Waals surface area contributed by atoms with Crippen LogP contribution in [0.5, 0.6) is 0 Å². The molecular weight excluding hydrogens is 370 g/mol. The summed E-state index contributed by atoms with van der Waals surface area (Å²) in [6.07, 6.45) is 0. The van der Waals surface area contributed by atoms with Crippen molar-refractivity contribution in [1.82, 2.24) is 19.9 Å². The second-order valence-electron chi connectivity index (χ2n) is 7.18. The van der Waals surface area contributed by atoms with Crippen LogP contribution in [0.2, 0.25) is 0 Å². The first-order valence-electron chi connectivity index (χ1n) is 9.54. The SMILES string of the molecule is Cc1nc(NCCO)nc2c1ccc(=O)n2-c1ccc(C(=O)NCC(C)C)cc1. The largest absolute Gasteiger partial charge is 0.395 e. The van der Waals surface area contributed by atoms with Gasteiger partial charge in [0.25, 0.3) is 11.5 Å². The van der Waals surface area contributed by atoms with Crippen molar-refractivity contribution in [2.45, 2.75) is 20.8 Å². The molecule has 29 heavy (non-hydrogen) atoms. The first-order chi connectivity index (χ1) is 13.9. The number of carbonyl (C=O) groups excluding carboxylic acids is 1. The number of hydrogen-bond acceptors (Lipinski definition) is 6. The van der Waals surface area contributed by atoms with Gasteiger partial charge >= 0.3 is 0 Å². The van der Waals surface area contributed by atoms with Gasteiger partial charge in [-0.1, -0.05) is 13.8 Å². The highest BCUT2D eigenvalue weighted by molar-refractivity contribution is 5.94. The summed E-state index contributed by atoms with van der Waals surface area (Å²) >= 11 is 0. The van der Waals surface area contributed by atoms with Gasteiger partial charge in [-0.05, 0) is 43.2 Å². The van der Waals surface area contributed by atoms with Gasteiger partial charge in [-0.2, -0.15) is 4.98 Å². The van der Waals surface area contributed by atoms with Crippen LogP contribution in [-0.2, 0) is 0 Å². The Kier molecular flexibility index (Phi) is 6.23. The summed E-state index contributed by atoms with van der Waals surface area (Å²) in [5, 5.41) is 15.6. The molecule has 0 aliphatic rings. The van der Waals surface area contributed by atoms with Gasteiger partial charge in [-0.15, -0.1) is 0 Å². The van der Waals surface area contributed by atoms with Gasteiger partial charge in [-0.3, -0.25) is 14.2 Å². The molecule has 8 heteroatoms. The fourth-order valence-corrected chi connectivity index (χ4v) is 2.92. The van der Waals surface area contributed by atoms with Crippen LogP contribution in [0.25, 0.3) is 16.7 Å². The number of rotatable bonds is 7. The maximum Gasteiger partial charge on any atom is 0.256 e. The normalized spacial score (nSPS) is 11.1. The minimum atomic E-state index is -0.235. The molecule has 2 heterocycles. The molecule has 0 aliphatic heterocycles. The lowest BCUT2D eigenvalue weighted by Gasteiger charge is -2.13. The second kappa shape index (κ2) is 8.83. The van der Waals surface area contributed by atoms with Gasteiger partial charge in [0, 0.05) is 30.1 Å². The number of aliphatic hydroxyl groups is 1. The van der Waals surface area contributed by atoms with Crippen molar-refractivity contribution >= 4 is 22.9 Å². The van der Waals surface area contributed by atoms with E-state index >= 15 is 0 Å². The zero-order valence-corrected chi connectivity index (χ0v) is 16.8. The van der Waals surface area contributed by atoms with Crippen molar-refractivity contribution in [1.29, 1.82) is 0 Å². The minimum Gasteiger partial charge on any atom is -0.395 e. The number of aryl methyl sites for hydroxylation is 1. The first-order valence-corrected chi connectivity index (χ1v) is 9.54. The van der Waals surface area contributed by atoms with E-state index in [0.717, 1.165) is 5.39 Å². The maximum absolute atomic E-state index is 12.6. The Morgan fingerprint density at radius 2 is 1.86 bits per heavy atom. The van der Waals surface area contributed by atoms with E-state index in [1.807, 2.05) is 20.8 Å². The molecule has 0 atom stereocenters. The molecule has 0 fully saturated rings. The molecule has 2 aromatic heterocycles. The van der Waals surface area contributed by atoms with Gasteiger partial charge in [0.1, 0.15) is 0 Å². The molecule has 1 amide bonds. The van der Waals surface area contributed by atoms with E-state index in [1.165, 1.54) is 10.6 Å². The molecule has 1 aromatic carbocycles. The molecule has 0 aliphatic carbocycles. The lowest BCUT2D eigenvalue weighted by molar-refractivity contribution is 0.0949. The molecule has 3 N–H and O–H groups in total. The van der Waals surface area contributed by atoms with E-state index < -0.39 is 0 Å². The highest BCUT2D eigenvalue weighted by Crippen LogP contribution is 2.19. The van der Waals surface area contributed by atoms with E-state index in [-0.39, 0.29) is 18.1 Å². The minimum absolute atomic E-state index is 0.0532. The fraction of sp³-hybridized carbons (Fsp3) is 0.333. The van der Waals surface area contributed by atoms with Crippen molar-refractivity contribution < 1.29 is 9.90 Å². The third-order valence-electron chi connectivity index (χ3n) is 4.39. The topological polar surface area (TPSA) is 109 Å². The lowest BCUT2D eigenvalue weighted by Crippen LogP contribution is -2.27. The Morgan fingerprint density at radius 1 is 1.14 bits per heavy atom. The molecule has 0 bridgehead atoms. The summed E-state index contributed by atoms with van der Waals surface area (Å²) in [7, 11) is 0. The van der Waals surface area contributed by atoms with Crippen molar-refractivity contribution in [3.05, 3.63) is 58.0 Å². The Bertz CT molecular complexity index is 1070. The van der Waals surface area contributed by atoms with E-state index in [4.69, 9.17) is 5.11 Å². The van der Waals surface area contributed by atoms with Crippen LogP contribution >= 0.6 is 0 Å². The zero-order valence-electron chi connectivity index (χ0n) is 16.8. The predicted molar refractivity (Wildman–Crippen MR) is 113 cm³/mol. The number of anilines is 1. The van der Waals surface area contributed by atoms with Crippen molar-refractivity contribution in [3.8, 4) is 5.69 Å². The average Bonchev–Trinajstić information content (AvgIpc) is 2.70. The molecule has 152 valence electrons. The number of nitrogens with zero attached hydrogens (tertiary/aromatic N) is 3. The van der Waals surface area contributed by atoms with Crippen LogP contribution < -0.4 is 16.2 Å². The van der Waals surface area contributed by atoms with Crippen LogP contribution in [0, 0.1) is 12.8 Å². The number of hydrogen-bond donors (Lipinski definition) is 3. The number of nitrogens with one attached hydrogen (secondary N) is 2. The Hall–Kier alpha value is -3.26. The molecular formula is C21H25N5O3. The third kappa shape index (κ3) is 4.60. The van der Waals surface area contributed by atoms with Gasteiger partial charge in [-0.25, -0.2) is 4.98 Å². The number of carbonyl (C=O) groups is 1. The number of benzene rings is 1. The second-order valence-corrected chi connectivity index (χ2v) is 7.18. The number of amides is 1. The Balaban J connectivity index is 2.02. The van der Waals surface area contributed by atoms with Crippen molar-refractivity contribution in [2.24, 2.45) is 5.92 Å². The first kappa shape index (κ1) is 20.5. The monoisotopic (exact) mass is 395 g/mol. The van der Waals surface area contributed by atoms with Crippen molar-refractivity contribution in [3.63, 3.8) is 0 Å². The van der Waals surface area contributed by atoms with E-state index in [2.05, 4.69) is 20.6 Å². The van der Waals surface area contributed by atoms with Gasteiger partial charge in [0.05, 0.1) is 18.0 Å². The fourth-order valence-electron chi connectivity index (χ4n) is 2.92. The summed E-state index contributed by atoms with van der Waals surface area (Å²) < 4.78 is 1.49. The van der Waals surface area contributed by atoms with Gasteiger partial charge < -0.3 is 15.7 Å². The molecule has 0 saturated carbocycles. The van der Waals surface area contributed by atoms with Crippen LogP contribution in [0.3, 0.4) is 0 Å². The number of fused-ring (bicyclic) bond motifs is 1. The summed E-state index contributed by atoms with van der Waals surface area (Å²) in [6, 6.07) is 10.0. The Labute approximate surface area is 168 Å². The quantitative estimate of drug-likeness (QED) is 0.564. The highest BCUT2D eigenvalue weighted by Gasteiger charge is 2.13.